The number of anilines is 2. The minimum Gasteiger partial charge on any atom is -0.497 e. The molecule has 1 N–H and O–H groups in total. The van der Waals surface area contributed by atoms with Crippen molar-refractivity contribution in [2.75, 3.05) is 37.6 Å². The number of ether oxygens (including phenoxy) is 3. The molecule has 0 unspecified atom stereocenters. The first-order chi connectivity index (χ1) is 15.2. The Morgan fingerprint density at radius 3 is 2.66 bits per heavy atom. The fraction of sp³-hybridized carbons (Fsp3) is 0.318. The Labute approximate surface area is 198 Å². The van der Waals surface area contributed by atoms with Gasteiger partial charge in [-0.1, -0.05) is 11.6 Å². The fourth-order valence-corrected chi connectivity index (χ4v) is 3.93. The van der Waals surface area contributed by atoms with Crippen LogP contribution in [0.2, 0.25) is 5.02 Å². The van der Waals surface area contributed by atoms with Crippen molar-refractivity contribution < 1.29 is 28.6 Å². The van der Waals surface area contributed by atoms with Crippen molar-refractivity contribution >= 4 is 56.7 Å². The highest BCUT2D eigenvalue weighted by atomic mass is 79.9. The summed E-state index contributed by atoms with van der Waals surface area (Å²) in [4.78, 5) is 38.7. The maximum absolute atomic E-state index is 12.5. The van der Waals surface area contributed by atoms with Crippen LogP contribution in [0, 0.1) is 12.8 Å². The Balaban J connectivity index is 1.59. The van der Waals surface area contributed by atoms with E-state index in [0.29, 0.717) is 37.9 Å². The van der Waals surface area contributed by atoms with Crippen molar-refractivity contribution in [2.24, 2.45) is 5.92 Å². The summed E-state index contributed by atoms with van der Waals surface area (Å²) in [7, 11) is 3.02. The van der Waals surface area contributed by atoms with E-state index in [1.165, 1.54) is 19.1 Å². The molecule has 8 nitrogen and oxygen atoms in total. The van der Waals surface area contributed by atoms with Crippen LogP contribution < -0.4 is 19.7 Å². The summed E-state index contributed by atoms with van der Waals surface area (Å²) < 4.78 is 16.4. The Morgan fingerprint density at radius 2 is 1.97 bits per heavy atom. The molecular formula is C22H22BrClN2O6. The van der Waals surface area contributed by atoms with Gasteiger partial charge >= 0.3 is 5.97 Å². The second-order valence-corrected chi connectivity index (χ2v) is 8.37. The van der Waals surface area contributed by atoms with Gasteiger partial charge in [0.25, 0.3) is 5.91 Å². The predicted octanol–water partition coefficient (Wildman–Crippen LogP) is 3.96. The number of amides is 2. The van der Waals surface area contributed by atoms with Crippen LogP contribution in [-0.4, -0.2) is 45.2 Å². The molecular weight excluding hydrogens is 504 g/mol. The fourth-order valence-electron chi connectivity index (χ4n) is 3.33. The van der Waals surface area contributed by atoms with E-state index in [4.69, 9.17) is 25.8 Å². The van der Waals surface area contributed by atoms with Gasteiger partial charge < -0.3 is 24.4 Å². The van der Waals surface area contributed by atoms with Crippen LogP contribution in [0.1, 0.15) is 12.0 Å². The van der Waals surface area contributed by atoms with E-state index in [1.807, 2.05) is 0 Å². The molecule has 1 aliphatic rings. The second-order valence-electron chi connectivity index (χ2n) is 7.13. The zero-order chi connectivity index (χ0) is 23.4. The lowest BCUT2D eigenvalue weighted by molar-refractivity contribution is -0.151. The highest BCUT2D eigenvalue weighted by molar-refractivity contribution is 9.10. The van der Waals surface area contributed by atoms with Crippen LogP contribution in [0.15, 0.2) is 34.8 Å². The summed E-state index contributed by atoms with van der Waals surface area (Å²) >= 11 is 9.48. The third kappa shape index (κ3) is 5.16. The number of carbonyl (C=O) groups excluding carboxylic acids is 3. The number of hydrogen-bond donors (Lipinski definition) is 1. The van der Waals surface area contributed by atoms with Gasteiger partial charge in [0.05, 0.1) is 30.8 Å². The average Bonchev–Trinajstić information content (AvgIpc) is 3.18. The van der Waals surface area contributed by atoms with Gasteiger partial charge in [-0.25, -0.2) is 0 Å². The molecule has 170 valence electrons. The van der Waals surface area contributed by atoms with Gasteiger partial charge in [-0.3, -0.25) is 14.4 Å². The molecule has 2 aromatic rings. The van der Waals surface area contributed by atoms with Crippen LogP contribution in [0.5, 0.6) is 11.5 Å². The van der Waals surface area contributed by atoms with Crippen molar-refractivity contribution in [2.45, 2.75) is 13.3 Å². The van der Waals surface area contributed by atoms with Gasteiger partial charge in [0.1, 0.15) is 11.5 Å². The van der Waals surface area contributed by atoms with Crippen LogP contribution in [0.25, 0.3) is 0 Å². The van der Waals surface area contributed by atoms with Crippen LogP contribution in [0.4, 0.5) is 11.4 Å². The van der Waals surface area contributed by atoms with Gasteiger partial charge in [-0.05, 0) is 52.7 Å². The molecule has 0 spiro atoms. The maximum Gasteiger partial charge on any atom is 0.311 e. The summed E-state index contributed by atoms with van der Waals surface area (Å²) in [5, 5.41) is 3.15. The van der Waals surface area contributed by atoms with Crippen LogP contribution in [0.3, 0.4) is 0 Å². The molecule has 0 radical (unpaired) electrons. The molecule has 1 aliphatic heterocycles. The molecule has 1 saturated heterocycles. The number of nitrogens with one attached hydrogen (secondary N) is 1. The van der Waals surface area contributed by atoms with Crippen molar-refractivity contribution in [3.8, 4) is 11.5 Å². The minimum atomic E-state index is -0.689. The summed E-state index contributed by atoms with van der Waals surface area (Å²) in [5.74, 6) is -1.01. The summed E-state index contributed by atoms with van der Waals surface area (Å²) in [6, 6.07) is 8.47. The van der Waals surface area contributed by atoms with Gasteiger partial charge in [-0.2, -0.15) is 0 Å². The second kappa shape index (κ2) is 10.2. The van der Waals surface area contributed by atoms with Crippen LogP contribution >= 0.6 is 27.5 Å². The summed E-state index contributed by atoms with van der Waals surface area (Å²) in [6.45, 7) is 1.42. The molecule has 1 atom stereocenters. The number of benzene rings is 2. The quantitative estimate of drug-likeness (QED) is 0.550. The Morgan fingerprint density at radius 1 is 1.22 bits per heavy atom. The number of carbonyl (C=O) groups is 3. The van der Waals surface area contributed by atoms with Gasteiger partial charge in [0.15, 0.2) is 6.61 Å². The predicted molar refractivity (Wildman–Crippen MR) is 123 cm³/mol. The minimum absolute atomic E-state index is 0.0168. The monoisotopic (exact) mass is 524 g/mol. The molecule has 0 saturated carbocycles. The van der Waals surface area contributed by atoms with Gasteiger partial charge in [-0.15, -0.1) is 0 Å². The zero-order valence-corrected chi connectivity index (χ0v) is 20.1. The normalized spacial score (nSPS) is 15.5. The molecule has 10 heteroatoms. The van der Waals surface area contributed by atoms with Crippen molar-refractivity contribution in [1.29, 1.82) is 0 Å². The number of hydrogen-bond acceptors (Lipinski definition) is 6. The molecule has 32 heavy (non-hydrogen) atoms. The highest BCUT2D eigenvalue weighted by Gasteiger charge is 2.37. The molecule has 2 aromatic carbocycles. The average molecular weight is 526 g/mol. The number of halogens is 2. The molecule has 1 heterocycles. The van der Waals surface area contributed by atoms with Crippen molar-refractivity contribution in [3.63, 3.8) is 0 Å². The summed E-state index contributed by atoms with van der Waals surface area (Å²) in [6.07, 6.45) is -0.0168. The van der Waals surface area contributed by atoms with E-state index < -0.39 is 24.4 Å². The standard InChI is InChI=1S/C22H22BrClN2O6/c1-12-16(6-5-15(23)21(12)24)25-19(27)11-32-22(29)13-8-20(28)26(10-13)17-7-4-14(30-2)9-18(17)31-3/h4-7,9,13H,8,10-11H2,1-3H3,(H,25,27)/t13-/m1/s1. The van der Waals surface area contributed by atoms with E-state index in [1.54, 1.807) is 37.3 Å². The maximum atomic E-state index is 12.5. The first-order valence-electron chi connectivity index (χ1n) is 9.68. The SMILES string of the molecule is COc1ccc(N2C[C@H](C(=O)OCC(=O)Nc3ccc(Br)c(Cl)c3C)CC2=O)c(OC)c1. The lowest BCUT2D eigenvalue weighted by Crippen LogP contribution is -2.28. The van der Waals surface area contributed by atoms with Crippen molar-refractivity contribution in [3.05, 3.63) is 45.4 Å². The lowest BCUT2D eigenvalue weighted by atomic mass is 10.1. The third-order valence-electron chi connectivity index (χ3n) is 5.09. The zero-order valence-electron chi connectivity index (χ0n) is 17.7. The highest BCUT2D eigenvalue weighted by Crippen LogP contribution is 2.36. The summed E-state index contributed by atoms with van der Waals surface area (Å²) in [5.41, 5.74) is 1.74. The molecule has 0 aromatic heterocycles. The molecule has 2 amide bonds. The number of methoxy groups -OCH3 is 2. The van der Waals surface area contributed by atoms with Gasteiger partial charge in [0, 0.05) is 29.2 Å². The first kappa shape index (κ1) is 23.9. The largest absolute Gasteiger partial charge is 0.497 e. The van der Waals surface area contributed by atoms with E-state index in [9.17, 15) is 14.4 Å². The van der Waals surface area contributed by atoms with Crippen molar-refractivity contribution in [1.82, 2.24) is 0 Å². The van der Waals surface area contributed by atoms with E-state index in [2.05, 4.69) is 21.2 Å². The van der Waals surface area contributed by atoms with E-state index in [0.717, 1.165) is 0 Å². The third-order valence-corrected chi connectivity index (χ3v) is 6.47. The Kier molecular flexibility index (Phi) is 7.63. The molecule has 3 rings (SSSR count). The topological polar surface area (TPSA) is 94.2 Å². The Hall–Kier alpha value is -2.78. The van der Waals surface area contributed by atoms with Gasteiger partial charge in [0.2, 0.25) is 5.91 Å². The lowest BCUT2D eigenvalue weighted by Gasteiger charge is -2.20. The Bertz CT molecular complexity index is 1060. The smallest absolute Gasteiger partial charge is 0.311 e. The molecule has 0 aliphatic carbocycles. The van der Waals surface area contributed by atoms with E-state index in [-0.39, 0.29) is 18.9 Å². The molecule has 1 fully saturated rings. The number of esters is 1. The number of nitrogens with zero attached hydrogens (tertiary/aromatic N) is 1. The van der Waals surface area contributed by atoms with E-state index >= 15 is 0 Å². The van der Waals surface area contributed by atoms with Crippen LogP contribution in [-0.2, 0) is 19.1 Å². The first-order valence-corrected chi connectivity index (χ1v) is 10.9. The molecule has 0 bridgehead atoms. The number of rotatable bonds is 7.